The fourth-order valence-corrected chi connectivity index (χ4v) is 3.09. The van der Waals surface area contributed by atoms with Gasteiger partial charge in [0.15, 0.2) is 0 Å². The molecule has 7 heteroatoms. The molecule has 0 unspecified atom stereocenters. The highest BCUT2D eigenvalue weighted by Gasteiger charge is 2.21. The van der Waals surface area contributed by atoms with Crippen LogP contribution in [-0.4, -0.2) is 32.9 Å². The van der Waals surface area contributed by atoms with Gasteiger partial charge in [-0.25, -0.2) is 4.98 Å². The Balaban J connectivity index is 0.00000210. The van der Waals surface area contributed by atoms with Crippen LogP contribution in [-0.2, 0) is 24.3 Å². The van der Waals surface area contributed by atoms with Crippen LogP contribution in [0.4, 0.5) is 0 Å². The number of hydrogen-bond donors (Lipinski definition) is 1. The number of rotatable bonds is 8. The first-order valence-electron chi connectivity index (χ1n) is 9.28. The number of benzene rings is 2. The monoisotopic (exact) mass is 434 g/mol. The van der Waals surface area contributed by atoms with Crippen LogP contribution in [0.3, 0.4) is 0 Å². The lowest BCUT2D eigenvalue weighted by Crippen LogP contribution is -2.44. The smallest absolute Gasteiger partial charge is 0.240 e. The molecule has 3 rings (SSSR count). The molecule has 0 aliphatic heterocycles. The molecule has 5 nitrogen and oxygen atoms in total. The Bertz CT molecular complexity index is 856. The topological polar surface area (TPSA) is 64.2 Å². The van der Waals surface area contributed by atoms with E-state index in [1.165, 1.54) is 5.56 Å². The normalized spacial score (nSPS) is 11.1. The first-order chi connectivity index (χ1) is 13.2. The summed E-state index contributed by atoms with van der Waals surface area (Å²) in [5.41, 5.74) is 9.35. The van der Waals surface area contributed by atoms with E-state index in [1.54, 1.807) is 11.2 Å². The van der Waals surface area contributed by atoms with E-state index in [0.717, 1.165) is 17.8 Å². The first kappa shape index (κ1) is 24.7. The molecule has 1 heterocycles. The molecule has 1 aromatic heterocycles. The minimum absolute atomic E-state index is 0. The van der Waals surface area contributed by atoms with Crippen LogP contribution in [0.15, 0.2) is 73.2 Å². The van der Waals surface area contributed by atoms with E-state index in [4.69, 9.17) is 5.73 Å². The van der Waals surface area contributed by atoms with Crippen molar-refractivity contribution in [2.75, 3.05) is 6.54 Å². The predicted molar refractivity (Wildman–Crippen MR) is 121 cm³/mol. The van der Waals surface area contributed by atoms with Crippen molar-refractivity contribution >= 4 is 30.7 Å². The SMILES string of the molecule is CCN(Cc1ccccc1)C(=O)[C@@H](N)Cc1cn(Cc2ccccc2)cn1.Cl.Cl. The van der Waals surface area contributed by atoms with E-state index in [9.17, 15) is 4.79 Å². The number of carbonyl (C=O) groups is 1. The van der Waals surface area contributed by atoms with Crippen LogP contribution in [0.5, 0.6) is 0 Å². The number of amides is 1. The highest BCUT2D eigenvalue weighted by atomic mass is 35.5. The van der Waals surface area contributed by atoms with Crippen molar-refractivity contribution in [3.63, 3.8) is 0 Å². The maximum absolute atomic E-state index is 12.7. The van der Waals surface area contributed by atoms with E-state index < -0.39 is 6.04 Å². The molecule has 3 aromatic rings. The lowest BCUT2D eigenvalue weighted by molar-refractivity contribution is -0.133. The molecule has 0 aliphatic rings. The van der Waals surface area contributed by atoms with Crippen molar-refractivity contribution in [1.29, 1.82) is 0 Å². The third kappa shape index (κ3) is 7.20. The molecule has 2 aromatic carbocycles. The minimum atomic E-state index is -0.589. The van der Waals surface area contributed by atoms with Crippen molar-refractivity contribution in [1.82, 2.24) is 14.5 Å². The van der Waals surface area contributed by atoms with Gasteiger partial charge in [0.1, 0.15) is 0 Å². The van der Waals surface area contributed by atoms with Crippen molar-refractivity contribution < 1.29 is 4.79 Å². The highest BCUT2D eigenvalue weighted by molar-refractivity contribution is 5.85. The van der Waals surface area contributed by atoms with Crippen molar-refractivity contribution in [3.8, 4) is 0 Å². The summed E-state index contributed by atoms with van der Waals surface area (Å²) in [5.74, 6) is -0.0426. The molecule has 0 saturated carbocycles. The van der Waals surface area contributed by atoms with Gasteiger partial charge < -0.3 is 15.2 Å². The lowest BCUT2D eigenvalue weighted by atomic mass is 10.1. The van der Waals surface area contributed by atoms with Crippen LogP contribution in [0.25, 0.3) is 0 Å². The third-order valence-electron chi connectivity index (χ3n) is 4.55. The fraction of sp³-hybridized carbons (Fsp3) is 0.273. The van der Waals surface area contributed by atoms with Gasteiger partial charge in [0.2, 0.25) is 5.91 Å². The van der Waals surface area contributed by atoms with E-state index in [-0.39, 0.29) is 30.7 Å². The van der Waals surface area contributed by atoms with Gasteiger partial charge in [-0.2, -0.15) is 0 Å². The molecule has 1 atom stereocenters. The average molecular weight is 435 g/mol. The van der Waals surface area contributed by atoms with Gasteiger partial charge >= 0.3 is 0 Å². The van der Waals surface area contributed by atoms with Crippen LogP contribution >= 0.6 is 24.8 Å². The Morgan fingerprint density at radius 3 is 2.21 bits per heavy atom. The third-order valence-corrected chi connectivity index (χ3v) is 4.55. The van der Waals surface area contributed by atoms with Crippen molar-refractivity contribution in [2.45, 2.75) is 32.5 Å². The second-order valence-electron chi connectivity index (χ2n) is 6.67. The predicted octanol–water partition coefficient (Wildman–Crippen LogP) is 3.69. The number of hydrogen-bond acceptors (Lipinski definition) is 3. The zero-order valence-corrected chi connectivity index (χ0v) is 18.1. The van der Waals surface area contributed by atoms with Gasteiger partial charge in [-0.1, -0.05) is 60.7 Å². The van der Waals surface area contributed by atoms with Gasteiger partial charge in [0.25, 0.3) is 0 Å². The second kappa shape index (κ2) is 12.3. The molecule has 2 N–H and O–H groups in total. The highest BCUT2D eigenvalue weighted by Crippen LogP contribution is 2.09. The average Bonchev–Trinajstić information content (AvgIpc) is 3.13. The number of aromatic nitrogens is 2. The van der Waals surface area contributed by atoms with Crippen molar-refractivity contribution in [3.05, 3.63) is 90.0 Å². The number of nitrogens with two attached hydrogens (primary N) is 1. The number of carbonyl (C=O) groups excluding carboxylic acids is 1. The minimum Gasteiger partial charge on any atom is -0.337 e. The fourth-order valence-electron chi connectivity index (χ4n) is 3.09. The molecule has 1 amide bonds. The number of halogens is 2. The summed E-state index contributed by atoms with van der Waals surface area (Å²) in [4.78, 5) is 19.0. The number of imidazole rings is 1. The quantitative estimate of drug-likeness (QED) is 0.587. The summed E-state index contributed by atoms with van der Waals surface area (Å²) in [7, 11) is 0. The zero-order valence-electron chi connectivity index (χ0n) is 16.5. The van der Waals surface area contributed by atoms with Gasteiger partial charge in [-0.15, -0.1) is 24.8 Å². The molecule has 29 heavy (non-hydrogen) atoms. The van der Waals surface area contributed by atoms with Crippen LogP contribution < -0.4 is 5.73 Å². The second-order valence-corrected chi connectivity index (χ2v) is 6.67. The van der Waals surface area contributed by atoms with Crippen LogP contribution in [0, 0.1) is 0 Å². The molecule has 0 spiro atoms. The Kier molecular flexibility index (Phi) is 10.5. The Morgan fingerprint density at radius 1 is 1.03 bits per heavy atom. The molecule has 0 radical (unpaired) electrons. The maximum Gasteiger partial charge on any atom is 0.240 e. The maximum atomic E-state index is 12.7. The van der Waals surface area contributed by atoms with Gasteiger partial charge in [-0.3, -0.25) is 4.79 Å². The van der Waals surface area contributed by atoms with Crippen molar-refractivity contribution in [2.24, 2.45) is 5.73 Å². The molecule has 0 fully saturated rings. The summed E-state index contributed by atoms with van der Waals surface area (Å²) >= 11 is 0. The van der Waals surface area contributed by atoms with E-state index in [0.29, 0.717) is 19.5 Å². The molecule has 0 aliphatic carbocycles. The molecular formula is C22H28Cl2N4O. The Labute approximate surface area is 184 Å². The van der Waals surface area contributed by atoms with E-state index in [2.05, 4.69) is 17.1 Å². The largest absolute Gasteiger partial charge is 0.337 e. The van der Waals surface area contributed by atoms with Crippen LogP contribution in [0.2, 0.25) is 0 Å². The Hall–Kier alpha value is -2.34. The molecule has 0 bridgehead atoms. The summed E-state index contributed by atoms with van der Waals surface area (Å²) < 4.78 is 2.02. The first-order valence-corrected chi connectivity index (χ1v) is 9.28. The van der Waals surface area contributed by atoms with Gasteiger partial charge in [0, 0.05) is 32.3 Å². The summed E-state index contributed by atoms with van der Waals surface area (Å²) in [6, 6.07) is 19.6. The van der Waals surface area contributed by atoms with E-state index in [1.807, 2.05) is 66.2 Å². The summed E-state index contributed by atoms with van der Waals surface area (Å²) in [6.07, 6.45) is 4.20. The lowest BCUT2D eigenvalue weighted by Gasteiger charge is -2.24. The molecule has 156 valence electrons. The van der Waals surface area contributed by atoms with E-state index >= 15 is 0 Å². The zero-order chi connectivity index (χ0) is 19.1. The van der Waals surface area contributed by atoms with Gasteiger partial charge in [0.05, 0.1) is 18.1 Å². The molecular weight excluding hydrogens is 407 g/mol. The van der Waals surface area contributed by atoms with Gasteiger partial charge in [-0.05, 0) is 18.1 Å². The molecule has 0 saturated heterocycles. The number of nitrogens with zero attached hydrogens (tertiary/aromatic N) is 3. The summed E-state index contributed by atoms with van der Waals surface area (Å²) in [6.45, 7) is 3.93. The summed E-state index contributed by atoms with van der Waals surface area (Å²) in [5, 5.41) is 0. The standard InChI is InChI=1S/C22H26N4O.2ClH/c1-2-26(15-19-11-7-4-8-12-19)22(27)21(23)13-20-16-25(17-24-20)14-18-9-5-3-6-10-18;;/h3-12,16-17,21H,2,13-15,23H2,1H3;2*1H/t21-;;/m0../s1. The van der Waals surface area contributed by atoms with Crippen LogP contribution in [0.1, 0.15) is 23.7 Å². The Morgan fingerprint density at radius 2 is 1.62 bits per heavy atom. The number of likely N-dealkylation sites (N-methyl/N-ethyl adjacent to an activating group) is 1.